The fourth-order valence-electron chi connectivity index (χ4n) is 2.96. The minimum atomic E-state index is 0.641. The molecule has 1 aromatic heterocycles. The van der Waals surface area contributed by atoms with Gasteiger partial charge in [-0.15, -0.1) is 0 Å². The van der Waals surface area contributed by atoms with Crippen LogP contribution in [0.1, 0.15) is 46.8 Å². The molecule has 0 unspecified atom stereocenters. The molecule has 114 valence electrons. The highest BCUT2D eigenvalue weighted by atomic mass is 15.1. The van der Waals surface area contributed by atoms with E-state index in [9.17, 15) is 0 Å². The quantitative estimate of drug-likeness (QED) is 0.691. The van der Waals surface area contributed by atoms with E-state index >= 15 is 0 Å². The normalized spacial score (nSPS) is 13.9. The second kappa shape index (κ2) is 6.33. The third-order valence-electron chi connectivity index (χ3n) is 4.43. The second-order valence-electron chi connectivity index (χ2n) is 6.34. The van der Waals surface area contributed by atoms with Crippen molar-refractivity contribution in [1.29, 1.82) is 0 Å². The molecule has 0 N–H and O–H groups in total. The van der Waals surface area contributed by atoms with Gasteiger partial charge in [-0.2, -0.15) is 10.2 Å². The zero-order chi connectivity index (χ0) is 15.5. The highest BCUT2D eigenvalue weighted by Crippen LogP contribution is 2.39. The SMILES string of the molecule is c1ccc(Cc2cc(C3CC3)nnc2Cc2ccccc2)cc1. The Kier molecular flexibility index (Phi) is 3.89. The van der Waals surface area contributed by atoms with E-state index in [4.69, 9.17) is 0 Å². The van der Waals surface area contributed by atoms with Crippen LogP contribution in [-0.2, 0) is 12.8 Å². The van der Waals surface area contributed by atoms with Gasteiger partial charge in [0.2, 0.25) is 0 Å². The van der Waals surface area contributed by atoms with Crippen molar-refractivity contribution in [2.75, 3.05) is 0 Å². The minimum Gasteiger partial charge on any atom is -0.155 e. The van der Waals surface area contributed by atoms with Crippen LogP contribution in [0.4, 0.5) is 0 Å². The zero-order valence-corrected chi connectivity index (χ0v) is 13.2. The van der Waals surface area contributed by atoms with Crippen molar-refractivity contribution in [3.63, 3.8) is 0 Å². The van der Waals surface area contributed by atoms with E-state index in [1.807, 2.05) is 0 Å². The first-order valence-corrected chi connectivity index (χ1v) is 8.32. The Morgan fingerprint density at radius 2 is 1.35 bits per heavy atom. The molecule has 0 aliphatic heterocycles. The summed E-state index contributed by atoms with van der Waals surface area (Å²) in [6.07, 6.45) is 4.30. The third kappa shape index (κ3) is 3.48. The molecule has 2 aromatic carbocycles. The zero-order valence-electron chi connectivity index (χ0n) is 13.2. The van der Waals surface area contributed by atoms with Crippen LogP contribution < -0.4 is 0 Å². The van der Waals surface area contributed by atoms with Gasteiger partial charge in [0, 0.05) is 12.3 Å². The van der Waals surface area contributed by atoms with Crippen molar-refractivity contribution in [3.05, 3.63) is 94.8 Å². The molecule has 2 heteroatoms. The summed E-state index contributed by atoms with van der Waals surface area (Å²) in [5, 5.41) is 9.07. The van der Waals surface area contributed by atoms with Gasteiger partial charge in [0.1, 0.15) is 0 Å². The van der Waals surface area contributed by atoms with E-state index in [2.05, 4.69) is 76.9 Å². The average Bonchev–Trinajstić information content (AvgIpc) is 3.43. The van der Waals surface area contributed by atoms with Gasteiger partial charge in [0.05, 0.1) is 11.4 Å². The highest BCUT2D eigenvalue weighted by molar-refractivity contribution is 5.34. The lowest BCUT2D eigenvalue weighted by Gasteiger charge is -2.10. The molecule has 1 saturated carbocycles. The molecule has 23 heavy (non-hydrogen) atoms. The number of nitrogens with zero attached hydrogens (tertiary/aromatic N) is 2. The van der Waals surface area contributed by atoms with Gasteiger partial charge in [0.25, 0.3) is 0 Å². The predicted molar refractivity (Wildman–Crippen MR) is 92.5 cm³/mol. The summed E-state index contributed by atoms with van der Waals surface area (Å²) in [7, 11) is 0. The van der Waals surface area contributed by atoms with Gasteiger partial charge < -0.3 is 0 Å². The lowest BCUT2D eigenvalue weighted by atomic mass is 9.99. The summed E-state index contributed by atoms with van der Waals surface area (Å²) in [5.41, 5.74) is 6.21. The van der Waals surface area contributed by atoms with Crippen molar-refractivity contribution in [2.24, 2.45) is 0 Å². The third-order valence-corrected chi connectivity index (χ3v) is 4.43. The van der Waals surface area contributed by atoms with Crippen LogP contribution in [0, 0.1) is 0 Å². The number of rotatable bonds is 5. The van der Waals surface area contributed by atoms with E-state index in [1.165, 1.54) is 35.2 Å². The fourth-order valence-corrected chi connectivity index (χ4v) is 2.96. The standard InChI is InChI=1S/C21H20N2/c1-3-7-16(8-4-1)13-19-15-21(18-11-12-18)23-22-20(19)14-17-9-5-2-6-10-17/h1-10,15,18H,11-14H2. The van der Waals surface area contributed by atoms with Gasteiger partial charge in [0.15, 0.2) is 0 Å². The molecule has 0 atom stereocenters. The van der Waals surface area contributed by atoms with Crippen LogP contribution in [0.3, 0.4) is 0 Å². The van der Waals surface area contributed by atoms with Crippen LogP contribution >= 0.6 is 0 Å². The molecular weight excluding hydrogens is 280 g/mol. The molecule has 0 saturated heterocycles. The molecule has 0 radical (unpaired) electrons. The summed E-state index contributed by atoms with van der Waals surface area (Å²) >= 11 is 0. The molecule has 3 aromatic rings. The van der Waals surface area contributed by atoms with Gasteiger partial charge in [-0.1, -0.05) is 60.7 Å². The largest absolute Gasteiger partial charge is 0.155 e. The first-order valence-electron chi connectivity index (χ1n) is 8.32. The maximum Gasteiger partial charge on any atom is 0.0710 e. The topological polar surface area (TPSA) is 25.8 Å². The van der Waals surface area contributed by atoms with Crippen molar-refractivity contribution < 1.29 is 0 Å². The first-order chi connectivity index (χ1) is 11.4. The Morgan fingerprint density at radius 1 is 0.739 bits per heavy atom. The van der Waals surface area contributed by atoms with Crippen LogP contribution in [-0.4, -0.2) is 10.2 Å². The summed E-state index contributed by atoms with van der Waals surface area (Å²) < 4.78 is 0. The van der Waals surface area contributed by atoms with Gasteiger partial charge in [-0.3, -0.25) is 0 Å². The molecule has 0 bridgehead atoms. The van der Waals surface area contributed by atoms with Gasteiger partial charge >= 0.3 is 0 Å². The highest BCUT2D eigenvalue weighted by Gasteiger charge is 2.26. The predicted octanol–water partition coefficient (Wildman–Crippen LogP) is 4.54. The summed E-state index contributed by atoms with van der Waals surface area (Å²) in [6.45, 7) is 0. The molecule has 1 aliphatic carbocycles. The Balaban J connectivity index is 1.66. The van der Waals surface area contributed by atoms with Crippen LogP contribution in [0.5, 0.6) is 0 Å². The molecule has 1 heterocycles. The Bertz CT molecular complexity index is 777. The Morgan fingerprint density at radius 3 is 1.96 bits per heavy atom. The van der Waals surface area contributed by atoms with Crippen molar-refractivity contribution >= 4 is 0 Å². The molecule has 1 fully saturated rings. The van der Waals surface area contributed by atoms with Crippen molar-refractivity contribution in [3.8, 4) is 0 Å². The van der Waals surface area contributed by atoms with Crippen molar-refractivity contribution in [2.45, 2.75) is 31.6 Å². The fraction of sp³-hybridized carbons (Fsp3) is 0.238. The van der Waals surface area contributed by atoms with E-state index in [-0.39, 0.29) is 0 Å². The second-order valence-corrected chi connectivity index (χ2v) is 6.34. The summed E-state index contributed by atoms with van der Waals surface area (Å²) in [5.74, 6) is 0.641. The van der Waals surface area contributed by atoms with Crippen molar-refractivity contribution in [1.82, 2.24) is 10.2 Å². The lowest BCUT2D eigenvalue weighted by Crippen LogP contribution is -2.05. The lowest BCUT2D eigenvalue weighted by molar-refractivity contribution is 0.841. The molecule has 1 aliphatic rings. The monoisotopic (exact) mass is 300 g/mol. The van der Waals surface area contributed by atoms with Crippen LogP contribution in [0.15, 0.2) is 66.7 Å². The molecule has 4 rings (SSSR count). The Labute approximate surface area is 137 Å². The number of hydrogen-bond acceptors (Lipinski definition) is 2. The van der Waals surface area contributed by atoms with Gasteiger partial charge in [-0.25, -0.2) is 0 Å². The van der Waals surface area contributed by atoms with E-state index < -0.39 is 0 Å². The first kappa shape index (κ1) is 14.1. The summed E-state index contributed by atoms with van der Waals surface area (Å²) in [6, 6.07) is 23.4. The van der Waals surface area contributed by atoms with Crippen LogP contribution in [0.2, 0.25) is 0 Å². The number of benzene rings is 2. The van der Waals surface area contributed by atoms with E-state index in [0.717, 1.165) is 18.5 Å². The molecule has 2 nitrogen and oxygen atoms in total. The minimum absolute atomic E-state index is 0.641. The van der Waals surface area contributed by atoms with E-state index in [0.29, 0.717) is 5.92 Å². The maximum absolute atomic E-state index is 4.58. The smallest absolute Gasteiger partial charge is 0.0710 e. The maximum atomic E-state index is 4.58. The number of hydrogen-bond donors (Lipinski definition) is 0. The molecule has 0 spiro atoms. The average molecular weight is 300 g/mol. The molecule has 0 amide bonds. The van der Waals surface area contributed by atoms with Gasteiger partial charge in [-0.05, 0) is 42.0 Å². The summed E-state index contributed by atoms with van der Waals surface area (Å²) in [4.78, 5) is 0. The van der Waals surface area contributed by atoms with Crippen LogP contribution in [0.25, 0.3) is 0 Å². The molecular formula is C21H20N2. The van der Waals surface area contributed by atoms with E-state index in [1.54, 1.807) is 0 Å². The Hall–Kier alpha value is -2.48. The number of aromatic nitrogens is 2.